The molecule has 0 saturated heterocycles. The normalized spacial score (nSPS) is 11.3. The minimum absolute atomic E-state index is 0.0406. The fourth-order valence-electron chi connectivity index (χ4n) is 3.01. The van der Waals surface area contributed by atoms with Crippen molar-refractivity contribution in [2.24, 2.45) is 0 Å². The molecule has 11 heteroatoms. The van der Waals surface area contributed by atoms with Crippen molar-refractivity contribution in [2.45, 2.75) is 25.4 Å². The molecule has 3 aromatic rings. The Labute approximate surface area is 202 Å². The second-order valence-electron chi connectivity index (χ2n) is 7.12. The van der Waals surface area contributed by atoms with Gasteiger partial charge in [0.15, 0.2) is 0 Å². The highest BCUT2D eigenvalue weighted by atomic mass is 35.5. The van der Waals surface area contributed by atoms with Crippen molar-refractivity contribution < 1.29 is 27.1 Å². The fraction of sp³-hybridized carbons (Fsp3) is 0.261. The van der Waals surface area contributed by atoms with E-state index in [-0.39, 0.29) is 22.9 Å². The van der Waals surface area contributed by atoms with Crippen molar-refractivity contribution in [1.29, 1.82) is 0 Å². The van der Waals surface area contributed by atoms with Crippen LogP contribution in [0.5, 0.6) is 5.75 Å². The van der Waals surface area contributed by atoms with Gasteiger partial charge in [0.2, 0.25) is 0 Å². The minimum Gasteiger partial charge on any atom is -0.489 e. The third kappa shape index (κ3) is 6.54. The zero-order valence-corrected chi connectivity index (χ0v) is 19.4. The third-order valence-corrected chi connectivity index (χ3v) is 6.07. The molecule has 0 aliphatic carbocycles. The number of aryl methyl sites for hydroxylation is 1. The summed E-state index contributed by atoms with van der Waals surface area (Å²) in [6, 6.07) is 7.77. The maximum atomic E-state index is 13.5. The lowest BCUT2D eigenvalue weighted by atomic mass is 10.1. The molecule has 1 amide bonds. The van der Waals surface area contributed by atoms with E-state index in [0.717, 1.165) is 6.07 Å². The van der Waals surface area contributed by atoms with Crippen LogP contribution in [0.15, 0.2) is 49.1 Å². The molecule has 0 aliphatic heterocycles. The van der Waals surface area contributed by atoms with Crippen LogP contribution in [-0.4, -0.2) is 29.3 Å². The molecule has 1 N–H and O–H groups in total. The highest BCUT2D eigenvalue weighted by molar-refractivity contribution is 7.14. The van der Waals surface area contributed by atoms with Gasteiger partial charge in [-0.15, -0.1) is 10.2 Å². The summed E-state index contributed by atoms with van der Waals surface area (Å²) >= 11 is 7.00. The van der Waals surface area contributed by atoms with E-state index in [0.29, 0.717) is 41.4 Å². The number of nitrogens with one attached hydrogen (secondary N) is 1. The number of unbranched alkanes of at least 4 members (excludes halogenated alkanes) is 1. The van der Waals surface area contributed by atoms with Gasteiger partial charge in [-0.25, -0.2) is 4.39 Å². The van der Waals surface area contributed by atoms with E-state index in [1.165, 1.54) is 47.7 Å². The summed E-state index contributed by atoms with van der Waals surface area (Å²) in [4.78, 5) is 12.1. The van der Waals surface area contributed by atoms with E-state index in [1.54, 1.807) is 0 Å². The molecule has 1 aromatic heterocycles. The molecule has 0 radical (unpaired) electrons. The van der Waals surface area contributed by atoms with Gasteiger partial charge in [0.1, 0.15) is 28.2 Å². The molecule has 0 unspecified atom stereocenters. The topological polar surface area (TPSA) is 64.1 Å². The van der Waals surface area contributed by atoms with Gasteiger partial charge in [0.25, 0.3) is 5.91 Å². The summed E-state index contributed by atoms with van der Waals surface area (Å²) < 4.78 is 58.9. The number of ether oxygens (including phenoxy) is 1. The second-order valence-corrected chi connectivity index (χ2v) is 8.56. The summed E-state index contributed by atoms with van der Waals surface area (Å²) in [6.07, 6.45) is -1.40. The molecule has 0 bridgehead atoms. The zero-order valence-electron chi connectivity index (χ0n) is 17.8. The zero-order chi connectivity index (χ0) is 24.7. The summed E-state index contributed by atoms with van der Waals surface area (Å²) in [7, 11) is 0. The highest BCUT2D eigenvalue weighted by Gasteiger charge is 2.35. The monoisotopic (exact) mass is 513 g/mol. The molecule has 5 nitrogen and oxygen atoms in total. The molecule has 180 valence electrons. The number of rotatable bonds is 10. The molecule has 2 aromatic carbocycles. The van der Waals surface area contributed by atoms with E-state index in [2.05, 4.69) is 22.1 Å². The first-order valence-electron chi connectivity index (χ1n) is 10.2. The van der Waals surface area contributed by atoms with Crippen LogP contribution in [0, 0.1) is 5.82 Å². The van der Waals surface area contributed by atoms with Crippen LogP contribution < -0.4 is 10.1 Å². The van der Waals surface area contributed by atoms with Crippen LogP contribution >= 0.6 is 22.9 Å². The predicted octanol–water partition coefficient (Wildman–Crippen LogP) is 6.33. The number of benzene rings is 2. The average molecular weight is 514 g/mol. The lowest BCUT2D eigenvalue weighted by Gasteiger charge is -2.14. The van der Waals surface area contributed by atoms with Gasteiger partial charge in [-0.2, -0.15) is 13.2 Å². The lowest BCUT2D eigenvalue weighted by Crippen LogP contribution is -2.25. The van der Waals surface area contributed by atoms with Crippen molar-refractivity contribution in [3.05, 3.63) is 76.0 Å². The molecular weight excluding hydrogens is 494 g/mol. The Hall–Kier alpha value is -2.98. The molecule has 34 heavy (non-hydrogen) atoms. The molecule has 0 saturated carbocycles. The Morgan fingerprint density at radius 1 is 1.21 bits per heavy atom. The number of alkyl halides is 3. The first kappa shape index (κ1) is 25.6. The molecule has 0 aliphatic rings. The smallest absolute Gasteiger partial charge is 0.419 e. The molecule has 3 rings (SSSR count). The number of amides is 1. The van der Waals surface area contributed by atoms with Crippen molar-refractivity contribution in [1.82, 2.24) is 15.5 Å². The summed E-state index contributed by atoms with van der Waals surface area (Å²) in [6.45, 7) is 3.74. The van der Waals surface area contributed by atoms with Gasteiger partial charge in [0, 0.05) is 18.5 Å². The van der Waals surface area contributed by atoms with Crippen LogP contribution in [0.4, 0.5) is 17.6 Å². The average Bonchev–Trinajstić information content (AvgIpc) is 3.27. The summed E-state index contributed by atoms with van der Waals surface area (Å²) in [5.41, 5.74) is -0.534. The third-order valence-electron chi connectivity index (χ3n) is 4.65. The van der Waals surface area contributed by atoms with Crippen LogP contribution in [0.25, 0.3) is 10.6 Å². The van der Waals surface area contributed by atoms with Gasteiger partial charge >= 0.3 is 6.18 Å². The van der Waals surface area contributed by atoms with Crippen molar-refractivity contribution in [3.8, 4) is 16.3 Å². The first-order valence-corrected chi connectivity index (χ1v) is 11.4. The Morgan fingerprint density at radius 2 is 2.00 bits per heavy atom. The predicted molar refractivity (Wildman–Crippen MR) is 123 cm³/mol. The standard InChI is InChI=1S/C23H20ClF4N3O2S/c1-2-12-33-18-10-9-14(13-16(18)23(26,27)28)22-31-30-19(34-22)8-3-4-11-29-21(32)15-6-5-7-17(25)20(15)24/h2,5-7,9-10,13H,1,3-4,8,11-12H2,(H,29,32). The van der Waals surface area contributed by atoms with Gasteiger partial charge < -0.3 is 10.1 Å². The molecule has 0 fully saturated rings. The number of carbonyl (C=O) groups excluding carboxylic acids is 1. The Kier molecular flexibility index (Phi) is 8.62. The van der Waals surface area contributed by atoms with Crippen molar-refractivity contribution >= 4 is 28.8 Å². The SMILES string of the molecule is C=CCOc1ccc(-c2nnc(CCCCNC(=O)c3cccc(F)c3Cl)s2)cc1C(F)(F)F. The molecule has 1 heterocycles. The Morgan fingerprint density at radius 3 is 2.74 bits per heavy atom. The van der Waals surface area contributed by atoms with Crippen molar-refractivity contribution in [3.63, 3.8) is 0 Å². The second kappa shape index (κ2) is 11.4. The number of nitrogens with zero attached hydrogens (tertiary/aromatic N) is 2. The number of aromatic nitrogens is 2. The molecule has 0 atom stereocenters. The van der Waals surface area contributed by atoms with E-state index in [9.17, 15) is 22.4 Å². The molecule has 0 spiro atoms. The maximum Gasteiger partial charge on any atom is 0.419 e. The highest BCUT2D eigenvalue weighted by Crippen LogP contribution is 2.39. The summed E-state index contributed by atoms with van der Waals surface area (Å²) in [5.74, 6) is -1.41. The lowest BCUT2D eigenvalue weighted by molar-refractivity contribution is -0.138. The molecular formula is C23H20ClF4N3O2S. The van der Waals surface area contributed by atoms with Crippen molar-refractivity contribution in [2.75, 3.05) is 13.2 Å². The number of hydrogen-bond acceptors (Lipinski definition) is 5. The number of carbonyl (C=O) groups is 1. The largest absolute Gasteiger partial charge is 0.489 e. The Balaban J connectivity index is 1.55. The van der Waals surface area contributed by atoms with E-state index >= 15 is 0 Å². The Bertz CT molecular complexity index is 1170. The number of hydrogen-bond donors (Lipinski definition) is 1. The quantitative estimate of drug-likeness (QED) is 0.195. The minimum atomic E-state index is -4.58. The van der Waals surface area contributed by atoms with Crippen LogP contribution in [0.1, 0.15) is 33.8 Å². The number of halogens is 5. The van der Waals surface area contributed by atoms with Gasteiger partial charge in [-0.3, -0.25) is 4.79 Å². The van der Waals surface area contributed by atoms with E-state index < -0.39 is 23.5 Å². The van der Waals surface area contributed by atoms with Crippen LogP contribution in [-0.2, 0) is 12.6 Å². The summed E-state index contributed by atoms with van der Waals surface area (Å²) in [5, 5.41) is 11.5. The van der Waals surface area contributed by atoms with Gasteiger partial charge in [-0.05, 0) is 43.2 Å². The van der Waals surface area contributed by atoms with Crippen LogP contribution in [0.3, 0.4) is 0 Å². The van der Waals surface area contributed by atoms with E-state index in [1.807, 2.05) is 0 Å². The van der Waals surface area contributed by atoms with Crippen LogP contribution in [0.2, 0.25) is 5.02 Å². The van der Waals surface area contributed by atoms with Gasteiger partial charge in [-0.1, -0.05) is 41.7 Å². The van der Waals surface area contributed by atoms with E-state index in [4.69, 9.17) is 16.3 Å². The fourth-order valence-corrected chi connectivity index (χ4v) is 4.10. The first-order chi connectivity index (χ1) is 16.2. The van der Waals surface area contributed by atoms with Gasteiger partial charge in [0.05, 0.1) is 16.1 Å². The maximum absolute atomic E-state index is 13.5.